The molecule has 11 heteroatoms. The number of aromatic nitrogens is 5. The smallest absolute Gasteiger partial charge is 0.321 e. The third-order valence-corrected chi connectivity index (χ3v) is 4.48. The molecule has 0 radical (unpaired) electrons. The second-order valence-electron chi connectivity index (χ2n) is 7.08. The normalized spacial score (nSPS) is 13.0. The lowest BCUT2D eigenvalue weighted by molar-refractivity contribution is -0.145. The summed E-state index contributed by atoms with van der Waals surface area (Å²) in [4.78, 5) is 16.1. The maximum Gasteiger partial charge on any atom is 0.453 e. The number of hydrogen-bond donors (Lipinski definition) is 1. The van der Waals surface area contributed by atoms with Crippen molar-refractivity contribution in [2.75, 3.05) is 5.32 Å². The van der Waals surface area contributed by atoms with Crippen LogP contribution in [0.1, 0.15) is 50.1 Å². The first-order chi connectivity index (χ1) is 14.0. The Kier molecular flexibility index (Phi) is 5.64. The molecule has 1 aromatic carbocycles. The first kappa shape index (κ1) is 21.5. The van der Waals surface area contributed by atoms with Crippen LogP contribution in [-0.2, 0) is 11.0 Å². The minimum absolute atomic E-state index is 0.0314. The van der Waals surface area contributed by atoms with E-state index in [1.807, 2.05) is 13.8 Å². The second kappa shape index (κ2) is 7.88. The first-order valence-corrected chi connectivity index (χ1v) is 9.14. The van der Waals surface area contributed by atoms with E-state index in [1.54, 1.807) is 16.8 Å². The number of anilines is 1. The van der Waals surface area contributed by atoms with Crippen LogP contribution in [0.25, 0.3) is 5.69 Å². The lowest BCUT2D eigenvalue weighted by Crippen LogP contribution is -2.26. The maximum atomic E-state index is 13.2. The van der Waals surface area contributed by atoms with Gasteiger partial charge in [0.2, 0.25) is 5.91 Å². The highest BCUT2D eigenvalue weighted by molar-refractivity contribution is 5.94. The summed E-state index contributed by atoms with van der Waals surface area (Å²) < 4.78 is 54.3. The molecule has 0 aliphatic carbocycles. The Hall–Kier alpha value is -3.24. The van der Waals surface area contributed by atoms with Gasteiger partial charge in [0.1, 0.15) is 17.7 Å². The molecular weight excluding hydrogens is 404 g/mol. The number of hydrogen-bond acceptors (Lipinski definition) is 4. The van der Waals surface area contributed by atoms with Gasteiger partial charge < -0.3 is 5.32 Å². The fourth-order valence-corrected chi connectivity index (χ4v) is 3.03. The quantitative estimate of drug-likeness (QED) is 0.621. The first-order valence-electron chi connectivity index (χ1n) is 9.14. The molecule has 0 bridgehead atoms. The van der Waals surface area contributed by atoms with Gasteiger partial charge in [-0.2, -0.15) is 18.3 Å². The molecule has 7 nitrogen and oxygen atoms in total. The van der Waals surface area contributed by atoms with Gasteiger partial charge in [-0.25, -0.2) is 18.7 Å². The molecule has 2 aromatic heterocycles. The van der Waals surface area contributed by atoms with E-state index < -0.39 is 23.9 Å². The number of aryl methyl sites for hydroxylation is 1. The number of carbonyl (C=O) groups excluding carboxylic acids is 1. The number of nitrogens with one attached hydrogen (secondary N) is 1. The molecule has 1 N–H and O–H groups in total. The van der Waals surface area contributed by atoms with Crippen LogP contribution >= 0.6 is 0 Å². The van der Waals surface area contributed by atoms with Gasteiger partial charge in [-0.1, -0.05) is 13.8 Å². The van der Waals surface area contributed by atoms with E-state index in [-0.39, 0.29) is 17.6 Å². The summed E-state index contributed by atoms with van der Waals surface area (Å²) in [5, 5.41) is 10.4. The van der Waals surface area contributed by atoms with Crippen LogP contribution < -0.4 is 5.32 Å². The van der Waals surface area contributed by atoms with Crippen molar-refractivity contribution < 1.29 is 22.4 Å². The number of benzene rings is 1. The van der Waals surface area contributed by atoms with Crippen molar-refractivity contribution in [1.82, 2.24) is 24.5 Å². The number of halogens is 4. The molecule has 1 amide bonds. The highest BCUT2D eigenvalue weighted by Gasteiger charge is 2.37. The second-order valence-corrected chi connectivity index (χ2v) is 7.08. The molecule has 3 rings (SSSR count). The van der Waals surface area contributed by atoms with Crippen LogP contribution in [0.2, 0.25) is 0 Å². The van der Waals surface area contributed by atoms with E-state index in [0.717, 1.165) is 4.68 Å². The highest BCUT2D eigenvalue weighted by Crippen LogP contribution is 2.29. The topological polar surface area (TPSA) is 77.6 Å². The van der Waals surface area contributed by atoms with Crippen LogP contribution in [0.4, 0.5) is 23.2 Å². The lowest BCUT2D eigenvalue weighted by Gasteiger charge is -2.16. The van der Waals surface area contributed by atoms with E-state index in [9.17, 15) is 22.4 Å². The van der Waals surface area contributed by atoms with Gasteiger partial charge >= 0.3 is 6.18 Å². The van der Waals surface area contributed by atoms with E-state index in [1.165, 1.54) is 32.2 Å². The molecule has 0 saturated carbocycles. The molecule has 0 fully saturated rings. The maximum absolute atomic E-state index is 13.2. The standard InChI is InChI=1S/C19H20F4N6O/c1-10(2)16-15(9-24-29(16)14-7-5-13(20)6-8-14)26-17(30)11(3)28-12(4)25-18(27-28)19(21,22)23/h5-11H,1-4H3,(H,26,30)/t11-/m0/s1. The van der Waals surface area contributed by atoms with Crippen molar-refractivity contribution in [1.29, 1.82) is 0 Å². The van der Waals surface area contributed by atoms with Crippen LogP contribution in [0.15, 0.2) is 30.5 Å². The van der Waals surface area contributed by atoms with Gasteiger partial charge in [0.25, 0.3) is 5.82 Å². The average Bonchev–Trinajstić information content (AvgIpc) is 3.25. The Morgan fingerprint density at radius 3 is 2.30 bits per heavy atom. The number of alkyl halides is 3. The van der Waals surface area contributed by atoms with Crippen molar-refractivity contribution >= 4 is 11.6 Å². The minimum Gasteiger partial charge on any atom is -0.321 e. The van der Waals surface area contributed by atoms with Crippen LogP contribution in [0.5, 0.6) is 0 Å². The molecule has 0 saturated heterocycles. The van der Waals surface area contributed by atoms with Gasteiger partial charge in [0.15, 0.2) is 0 Å². The van der Waals surface area contributed by atoms with Gasteiger partial charge in [-0.05, 0) is 44.0 Å². The summed E-state index contributed by atoms with van der Waals surface area (Å²) in [6.07, 6.45) is -3.26. The minimum atomic E-state index is -4.70. The Labute approximate surface area is 169 Å². The zero-order valence-electron chi connectivity index (χ0n) is 16.7. The third-order valence-electron chi connectivity index (χ3n) is 4.48. The molecule has 3 aromatic rings. The molecule has 2 heterocycles. The van der Waals surface area contributed by atoms with Crippen LogP contribution in [0.3, 0.4) is 0 Å². The molecule has 30 heavy (non-hydrogen) atoms. The Balaban J connectivity index is 1.88. The lowest BCUT2D eigenvalue weighted by atomic mass is 10.1. The molecule has 0 spiro atoms. The predicted molar refractivity (Wildman–Crippen MR) is 101 cm³/mol. The number of amides is 1. The summed E-state index contributed by atoms with van der Waals surface area (Å²) in [5.74, 6) is -2.35. The Morgan fingerprint density at radius 2 is 1.77 bits per heavy atom. The fourth-order valence-electron chi connectivity index (χ4n) is 3.03. The number of carbonyl (C=O) groups is 1. The number of nitrogens with zero attached hydrogens (tertiary/aromatic N) is 5. The molecular formula is C19H20F4N6O. The van der Waals surface area contributed by atoms with Crippen molar-refractivity contribution in [3.05, 3.63) is 53.6 Å². The Bertz CT molecular complexity index is 1050. The van der Waals surface area contributed by atoms with Gasteiger partial charge in [-0.3, -0.25) is 4.79 Å². The summed E-state index contributed by atoms with van der Waals surface area (Å²) in [6, 6.07) is 4.67. The van der Waals surface area contributed by atoms with E-state index in [4.69, 9.17) is 0 Å². The molecule has 160 valence electrons. The average molecular weight is 424 g/mol. The summed E-state index contributed by atoms with van der Waals surface area (Å²) in [7, 11) is 0. The van der Waals surface area contributed by atoms with Crippen molar-refractivity contribution in [3.8, 4) is 5.69 Å². The molecule has 0 unspecified atom stereocenters. The van der Waals surface area contributed by atoms with E-state index in [0.29, 0.717) is 17.1 Å². The van der Waals surface area contributed by atoms with Crippen LogP contribution in [0, 0.1) is 12.7 Å². The van der Waals surface area contributed by atoms with E-state index >= 15 is 0 Å². The van der Waals surface area contributed by atoms with E-state index in [2.05, 4.69) is 20.5 Å². The Morgan fingerprint density at radius 1 is 1.13 bits per heavy atom. The number of rotatable bonds is 5. The SMILES string of the molecule is Cc1nc(C(F)(F)F)nn1[C@@H](C)C(=O)Nc1cnn(-c2ccc(F)cc2)c1C(C)C. The third kappa shape index (κ3) is 4.19. The summed E-state index contributed by atoms with van der Waals surface area (Å²) in [5.41, 5.74) is 1.67. The fraction of sp³-hybridized carbons (Fsp3) is 0.368. The van der Waals surface area contributed by atoms with Crippen molar-refractivity contribution in [2.45, 2.75) is 45.8 Å². The highest BCUT2D eigenvalue weighted by atomic mass is 19.4. The molecule has 0 aliphatic rings. The van der Waals surface area contributed by atoms with Gasteiger partial charge in [0.05, 0.1) is 23.3 Å². The van der Waals surface area contributed by atoms with Gasteiger partial charge in [0, 0.05) is 0 Å². The van der Waals surface area contributed by atoms with Crippen LogP contribution in [-0.4, -0.2) is 30.5 Å². The van der Waals surface area contributed by atoms with Crippen molar-refractivity contribution in [3.63, 3.8) is 0 Å². The van der Waals surface area contributed by atoms with Gasteiger partial charge in [-0.15, -0.1) is 5.10 Å². The van der Waals surface area contributed by atoms with Crippen molar-refractivity contribution in [2.24, 2.45) is 0 Å². The largest absolute Gasteiger partial charge is 0.453 e. The predicted octanol–water partition coefficient (Wildman–Crippen LogP) is 4.25. The zero-order chi connectivity index (χ0) is 22.2. The molecule has 1 atom stereocenters. The summed E-state index contributed by atoms with van der Waals surface area (Å²) in [6.45, 7) is 6.56. The molecule has 0 aliphatic heterocycles. The summed E-state index contributed by atoms with van der Waals surface area (Å²) >= 11 is 0. The monoisotopic (exact) mass is 424 g/mol. The zero-order valence-corrected chi connectivity index (χ0v) is 16.7.